The van der Waals surface area contributed by atoms with Crippen LogP contribution in [0.4, 0.5) is 0 Å². The lowest BCUT2D eigenvalue weighted by atomic mass is 10.2. The van der Waals surface area contributed by atoms with Gasteiger partial charge in [0.05, 0.1) is 6.61 Å². The van der Waals surface area contributed by atoms with E-state index in [4.69, 9.17) is 4.74 Å². The van der Waals surface area contributed by atoms with E-state index in [1.165, 1.54) is 0 Å². The molecule has 0 saturated heterocycles. The van der Waals surface area contributed by atoms with Crippen LogP contribution in [0.1, 0.15) is 33.1 Å². The molecule has 0 unspecified atom stereocenters. The molecule has 0 heterocycles. The predicted molar refractivity (Wildman–Crippen MR) is 62.0 cm³/mol. The quantitative estimate of drug-likeness (QED) is 0.470. The van der Waals surface area contributed by atoms with Crippen LogP contribution < -0.4 is 10.6 Å². The highest BCUT2D eigenvalue weighted by Gasteiger charge is 2.11. The van der Waals surface area contributed by atoms with Gasteiger partial charge in [0.1, 0.15) is 0 Å². The van der Waals surface area contributed by atoms with Gasteiger partial charge in [-0.05, 0) is 13.3 Å². The summed E-state index contributed by atoms with van der Waals surface area (Å²) in [6.07, 6.45) is 3.07. The average Bonchev–Trinajstić information content (AvgIpc) is 2.29. The minimum absolute atomic E-state index is 0.370. The molecule has 2 amide bonds. The maximum Gasteiger partial charge on any atom is 0.309 e. The van der Waals surface area contributed by atoms with Crippen molar-refractivity contribution in [3.05, 3.63) is 0 Å². The lowest BCUT2D eigenvalue weighted by Gasteiger charge is -2.06. The van der Waals surface area contributed by atoms with Gasteiger partial charge in [-0.3, -0.25) is 9.59 Å². The van der Waals surface area contributed by atoms with Crippen LogP contribution >= 0.6 is 0 Å². The molecule has 0 aromatic heterocycles. The Morgan fingerprint density at radius 3 is 2.19 bits per heavy atom. The topological polar surface area (TPSA) is 67.4 Å². The third-order valence-electron chi connectivity index (χ3n) is 2.01. The van der Waals surface area contributed by atoms with E-state index < -0.39 is 11.8 Å². The zero-order valence-electron chi connectivity index (χ0n) is 10.2. The highest BCUT2D eigenvalue weighted by molar-refractivity contribution is 6.35. The maximum atomic E-state index is 11.2. The van der Waals surface area contributed by atoms with Gasteiger partial charge in [0.2, 0.25) is 0 Å². The number of hydrogen-bond acceptors (Lipinski definition) is 3. The first-order valence-corrected chi connectivity index (χ1v) is 5.86. The number of amides is 2. The molecule has 0 rings (SSSR count). The van der Waals surface area contributed by atoms with Crippen LogP contribution in [0.25, 0.3) is 0 Å². The van der Waals surface area contributed by atoms with Crippen molar-refractivity contribution in [3.8, 4) is 0 Å². The van der Waals surface area contributed by atoms with E-state index in [-0.39, 0.29) is 0 Å². The molecular weight excluding hydrogens is 208 g/mol. The summed E-state index contributed by atoms with van der Waals surface area (Å²) in [6.45, 7) is 5.94. The molecule has 0 aliphatic heterocycles. The minimum Gasteiger partial charge on any atom is -0.380 e. The fourth-order valence-electron chi connectivity index (χ4n) is 1.12. The van der Waals surface area contributed by atoms with E-state index in [0.29, 0.717) is 26.3 Å². The van der Waals surface area contributed by atoms with Crippen molar-refractivity contribution in [1.29, 1.82) is 0 Å². The van der Waals surface area contributed by atoms with Crippen molar-refractivity contribution in [2.24, 2.45) is 0 Å². The van der Waals surface area contributed by atoms with Crippen LogP contribution in [0.2, 0.25) is 0 Å². The molecule has 0 saturated carbocycles. The molecule has 16 heavy (non-hydrogen) atoms. The van der Waals surface area contributed by atoms with E-state index in [2.05, 4.69) is 17.6 Å². The lowest BCUT2D eigenvalue weighted by molar-refractivity contribution is -0.139. The fourth-order valence-corrected chi connectivity index (χ4v) is 1.12. The van der Waals surface area contributed by atoms with Gasteiger partial charge in [0.25, 0.3) is 0 Å². The van der Waals surface area contributed by atoms with Gasteiger partial charge < -0.3 is 15.4 Å². The van der Waals surface area contributed by atoms with Crippen LogP contribution in [0.3, 0.4) is 0 Å². The van der Waals surface area contributed by atoms with E-state index in [9.17, 15) is 9.59 Å². The van der Waals surface area contributed by atoms with Crippen molar-refractivity contribution >= 4 is 11.8 Å². The van der Waals surface area contributed by atoms with Gasteiger partial charge in [-0.15, -0.1) is 0 Å². The number of ether oxygens (including phenoxy) is 1. The Labute approximate surface area is 96.9 Å². The van der Waals surface area contributed by atoms with Crippen LogP contribution in [0.5, 0.6) is 0 Å². The van der Waals surface area contributed by atoms with Gasteiger partial charge in [-0.1, -0.05) is 19.8 Å². The van der Waals surface area contributed by atoms with Gasteiger partial charge in [0, 0.05) is 19.7 Å². The van der Waals surface area contributed by atoms with Gasteiger partial charge in [-0.2, -0.15) is 0 Å². The summed E-state index contributed by atoms with van der Waals surface area (Å²) >= 11 is 0. The standard InChI is InChI=1S/C11H22N2O3/c1-3-5-6-7-12-10(14)11(15)13-8-9-16-4-2/h3-9H2,1-2H3,(H,12,14)(H,13,15). The maximum absolute atomic E-state index is 11.2. The molecule has 2 N–H and O–H groups in total. The highest BCUT2D eigenvalue weighted by atomic mass is 16.5. The smallest absolute Gasteiger partial charge is 0.309 e. The van der Waals surface area contributed by atoms with E-state index in [1.54, 1.807) is 0 Å². The molecule has 0 aromatic rings. The Balaban J connectivity index is 3.46. The molecule has 0 bridgehead atoms. The second kappa shape index (κ2) is 10.4. The molecule has 0 spiro atoms. The third kappa shape index (κ3) is 8.23. The van der Waals surface area contributed by atoms with E-state index >= 15 is 0 Å². The van der Waals surface area contributed by atoms with Gasteiger partial charge in [0.15, 0.2) is 0 Å². The summed E-state index contributed by atoms with van der Waals surface area (Å²) < 4.78 is 5.03. The Morgan fingerprint density at radius 2 is 1.62 bits per heavy atom. The van der Waals surface area contributed by atoms with Crippen molar-refractivity contribution in [2.75, 3.05) is 26.3 Å². The normalized spacial score (nSPS) is 9.88. The zero-order valence-corrected chi connectivity index (χ0v) is 10.2. The largest absolute Gasteiger partial charge is 0.380 e. The zero-order chi connectivity index (χ0) is 12.2. The van der Waals surface area contributed by atoms with Crippen molar-refractivity contribution in [2.45, 2.75) is 33.1 Å². The van der Waals surface area contributed by atoms with Crippen LogP contribution in [-0.2, 0) is 14.3 Å². The Kier molecular flexibility index (Phi) is 9.70. The summed E-state index contributed by atoms with van der Waals surface area (Å²) in [5, 5.41) is 5.05. The monoisotopic (exact) mass is 230 g/mol. The predicted octanol–water partition coefficient (Wildman–Crippen LogP) is 0.445. The summed E-state index contributed by atoms with van der Waals surface area (Å²) in [6, 6.07) is 0. The number of carbonyl (C=O) groups is 2. The van der Waals surface area contributed by atoms with Crippen molar-refractivity contribution in [1.82, 2.24) is 10.6 Å². The van der Waals surface area contributed by atoms with Gasteiger partial charge >= 0.3 is 11.8 Å². The second-order valence-electron chi connectivity index (χ2n) is 3.42. The average molecular weight is 230 g/mol. The first kappa shape index (κ1) is 14.9. The molecule has 94 valence electrons. The number of nitrogens with one attached hydrogen (secondary N) is 2. The first-order valence-electron chi connectivity index (χ1n) is 5.86. The number of unbranched alkanes of at least 4 members (excludes halogenated alkanes) is 2. The van der Waals surface area contributed by atoms with Crippen molar-refractivity contribution in [3.63, 3.8) is 0 Å². The third-order valence-corrected chi connectivity index (χ3v) is 2.01. The minimum atomic E-state index is -0.587. The lowest BCUT2D eigenvalue weighted by Crippen LogP contribution is -2.41. The van der Waals surface area contributed by atoms with Crippen molar-refractivity contribution < 1.29 is 14.3 Å². The van der Waals surface area contributed by atoms with E-state index in [1.807, 2.05) is 6.92 Å². The highest BCUT2D eigenvalue weighted by Crippen LogP contribution is 1.90. The molecular formula is C11H22N2O3. The molecule has 5 heteroatoms. The fraction of sp³-hybridized carbons (Fsp3) is 0.818. The summed E-state index contributed by atoms with van der Waals surface area (Å²) in [7, 11) is 0. The number of rotatable bonds is 8. The molecule has 0 atom stereocenters. The Hall–Kier alpha value is -1.10. The summed E-state index contributed by atoms with van der Waals surface area (Å²) in [4.78, 5) is 22.4. The molecule has 0 radical (unpaired) electrons. The van der Waals surface area contributed by atoms with E-state index in [0.717, 1.165) is 19.3 Å². The Morgan fingerprint density at radius 1 is 1.00 bits per heavy atom. The molecule has 0 aliphatic rings. The number of hydrogen-bond donors (Lipinski definition) is 2. The molecule has 0 aromatic carbocycles. The molecule has 0 aliphatic carbocycles. The SMILES string of the molecule is CCCCCNC(=O)C(=O)NCCOCC. The van der Waals surface area contributed by atoms with Gasteiger partial charge in [-0.25, -0.2) is 0 Å². The van der Waals surface area contributed by atoms with Crippen LogP contribution in [0, 0.1) is 0 Å². The molecule has 5 nitrogen and oxygen atoms in total. The number of carbonyl (C=O) groups excluding carboxylic acids is 2. The second-order valence-corrected chi connectivity index (χ2v) is 3.42. The summed E-state index contributed by atoms with van der Waals surface area (Å²) in [5.41, 5.74) is 0. The molecule has 0 fully saturated rings. The van der Waals surface area contributed by atoms with Crippen LogP contribution in [0.15, 0.2) is 0 Å². The van der Waals surface area contributed by atoms with Crippen LogP contribution in [-0.4, -0.2) is 38.1 Å². The first-order chi connectivity index (χ1) is 7.72. The Bertz CT molecular complexity index is 185. The summed E-state index contributed by atoms with van der Waals surface area (Å²) in [5.74, 6) is -1.15.